The summed E-state index contributed by atoms with van der Waals surface area (Å²) in [7, 11) is 1.56. The molecule has 0 fully saturated rings. The van der Waals surface area contributed by atoms with Crippen molar-refractivity contribution in [3.63, 3.8) is 0 Å². The van der Waals surface area contributed by atoms with Crippen LogP contribution < -0.4 is 20.7 Å². The lowest BCUT2D eigenvalue weighted by Crippen LogP contribution is -2.25. The van der Waals surface area contributed by atoms with Crippen molar-refractivity contribution in [2.75, 3.05) is 30.8 Å². The maximum atomic E-state index is 12.1. The molecule has 2 aromatic rings. The van der Waals surface area contributed by atoms with Crippen LogP contribution in [0.3, 0.4) is 0 Å². The summed E-state index contributed by atoms with van der Waals surface area (Å²) in [6.07, 6.45) is 1.98. The van der Waals surface area contributed by atoms with E-state index in [1.165, 1.54) is 0 Å². The summed E-state index contributed by atoms with van der Waals surface area (Å²) in [6, 6.07) is 14.3. The average molecular weight is 355 g/mol. The van der Waals surface area contributed by atoms with Gasteiger partial charge in [0.15, 0.2) is 0 Å². The van der Waals surface area contributed by atoms with Gasteiger partial charge in [-0.1, -0.05) is 31.5 Å². The van der Waals surface area contributed by atoms with Crippen molar-refractivity contribution in [2.24, 2.45) is 0 Å². The number of hydrogen-bond acceptors (Lipinski definition) is 4. The van der Waals surface area contributed by atoms with Crippen molar-refractivity contribution in [3.05, 3.63) is 54.1 Å². The maximum Gasteiger partial charge on any atom is 0.251 e. The summed E-state index contributed by atoms with van der Waals surface area (Å²) in [5.41, 5.74) is 1.89. The summed E-state index contributed by atoms with van der Waals surface area (Å²) in [6.45, 7) is 2.82. The van der Waals surface area contributed by atoms with Crippen molar-refractivity contribution < 1.29 is 14.3 Å². The average Bonchev–Trinajstić information content (AvgIpc) is 2.67. The fourth-order valence-electron chi connectivity index (χ4n) is 2.38. The SMILES string of the molecule is CCCCNC(=O)c1cccc(NCC(=O)Nc2ccccc2OC)c1. The van der Waals surface area contributed by atoms with Crippen LogP contribution >= 0.6 is 0 Å². The standard InChI is InChI=1S/C20H25N3O3/c1-3-4-12-21-20(25)15-8-7-9-16(13-15)22-14-19(24)23-17-10-5-6-11-18(17)26-2/h5-11,13,22H,3-4,12,14H2,1-2H3,(H,21,25)(H,23,24). The highest BCUT2D eigenvalue weighted by molar-refractivity contribution is 5.96. The molecule has 0 radical (unpaired) electrons. The number of benzene rings is 2. The van der Waals surface area contributed by atoms with E-state index in [1.807, 2.05) is 18.2 Å². The minimum Gasteiger partial charge on any atom is -0.495 e. The summed E-state index contributed by atoms with van der Waals surface area (Å²) >= 11 is 0. The van der Waals surface area contributed by atoms with Gasteiger partial charge in [0.05, 0.1) is 19.3 Å². The number of anilines is 2. The first-order chi connectivity index (χ1) is 12.6. The van der Waals surface area contributed by atoms with Crippen molar-refractivity contribution in [1.82, 2.24) is 5.32 Å². The molecule has 0 saturated heterocycles. The zero-order valence-corrected chi connectivity index (χ0v) is 15.2. The van der Waals surface area contributed by atoms with Gasteiger partial charge in [-0.2, -0.15) is 0 Å². The van der Waals surface area contributed by atoms with Crippen molar-refractivity contribution in [1.29, 1.82) is 0 Å². The third kappa shape index (κ3) is 5.81. The van der Waals surface area contributed by atoms with E-state index in [2.05, 4.69) is 22.9 Å². The summed E-state index contributed by atoms with van der Waals surface area (Å²) in [5, 5.41) is 8.71. The van der Waals surface area contributed by atoms with E-state index in [0.29, 0.717) is 29.2 Å². The molecule has 6 nitrogen and oxygen atoms in total. The predicted molar refractivity (Wildman–Crippen MR) is 104 cm³/mol. The Kier molecular flexibility index (Phi) is 7.49. The van der Waals surface area contributed by atoms with E-state index in [1.54, 1.807) is 37.4 Å². The largest absolute Gasteiger partial charge is 0.495 e. The fourth-order valence-corrected chi connectivity index (χ4v) is 2.38. The van der Waals surface area contributed by atoms with Crippen LogP contribution in [0.4, 0.5) is 11.4 Å². The van der Waals surface area contributed by atoms with Crippen LogP contribution in [0, 0.1) is 0 Å². The number of hydrogen-bond donors (Lipinski definition) is 3. The third-order valence-corrected chi connectivity index (χ3v) is 3.77. The number of carbonyl (C=O) groups is 2. The summed E-state index contributed by atoms with van der Waals surface area (Å²) < 4.78 is 5.21. The van der Waals surface area contributed by atoms with E-state index < -0.39 is 0 Å². The number of unbranched alkanes of at least 4 members (excludes halogenated alkanes) is 1. The van der Waals surface area contributed by atoms with Crippen molar-refractivity contribution >= 4 is 23.2 Å². The Balaban J connectivity index is 1.89. The molecule has 2 amide bonds. The van der Waals surface area contributed by atoms with Crippen LogP contribution in [0.1, 0.15) is 30.1 Å². The topological polar surface area (TPSA) is 79.5 Å². The minimum absolute atomic E-state index is 0.0823. The highest BCUT2D eigenvalue weighted by Gasteiger charge is 2.08. The number of carbonyl (C=O) groups excluding carboxylic acids is 2. The maximum absolute atomic E-state index is 12.1. The molecule has 0 aromatic heterocycles. The lowest BCUT2D eigenvalue weighted by molar-refractivity contribution is -0.114. The van der Waals surface area contributed by atoms with Crippen molar-refractivity contribution in [3.8, 4) is 5.75 Å². The molecule has 0 heterocycles. The van der Waals surface area contributed by atoms with Crippen LogP contribution in [0.25, 0.3) is 0 Å². The fraction of sp³-hybridized carbons (Fsp3) is 0.300. The Bertz CT molecular complexity index is 747. The Labute approximate surface area is 153 Å². The molecule has 0 aliphatic heterocycles. The van der Waals surface area contributed by atoms with Gasteiger partial charge in [-0.25, -0.2) is 0 Å². The summed E-state index contributed by atoms with van der Waals surface area (Å²) in [4.78, 5) is 24.2. The number of para-hydroxylation sites is 2. The highest BCUT2D eigenvalue weighted by Crippen LogP contribution is 2.22. The number of ether oxygens (including phenoxy) is 1. The molecule has 2 rings (SSSR count). The smallest absolute Gasteiger partial charge is 0.251 e. The van der Waals surface area contributed by atoms with Crippen LogP contribution in [0.2, 0.25) is 0 Å². The van der Waals surface area contributed by atoms with Gasteiger partial charge in [0, 0.05) is 17.8 Å². The van der Waals surface area contributed by atoms with Gasteiger partial charge >= 0.3 is 0 Å². The van der Waals surface area contributed by atoms with Gasteiger partial charge in [0.2, 0.25) is 5.91 Å². The van der Waals surface area contributed by atoms with Crippen LogP contribution in [-0.2, 0) is 4.79 Å². The zero-order valence-electron chi connectivity index (χ0n) is 15.2. The molecular weight excluding hydrogens is 330 g/mol. The summed E-state index contributed by atoms with van der Waals surface area (Å²) in [5.74, 6) is 0.291. The van der Waals surface area contributed by atoms with Crippen molar-refractivity contribution in [2.45, 2.75) is 19.8 Å². The molecule has 0 unspecified atom stereocenters. The lowest BCUT2D eigenvalue weighted by atomic mass is 10.2. The Morgan fingerprint density at radius 1 is 1.08 bits per heavy atom. The van der Waals surface area contributed by atoms with E-state index in [-0.39, 0.29) is 18.4 Å². The number of rotatable bonds is 9. The monoisotopic (exact) mass is 355 g/mol. The second-order valence-electron chi connectivity index (χ2n) is 5.79. The van der Waals surface area contributed by atoms with Gasteiger partial charge in [0.1, 0.15) is 5.75 Å². The number of amides is 2. The molecule has 26 heavy (non-hydrogen) atoms. The second-order valence-corrected chi connectivity index (χ2v) is 5.79. The first kappa shape index (κ1) is 19.3. The Morgan fingerprint density at radius 3 is 2.65 bits per heavy atom. The van der Waals surface area contributed by atoms with Crippen LogP contribution in [0.15, 0.2) is 48.5 Å². The quantitative estimate of drug-likeness (QED) is 0.603. The minimum atomic E-state index is -0.202. The molecule has 0 atom stereocenters. The third-order valence-electron chi connectivity index (χ3n) is 3.77. The van der Waals surface area contributed by atoms with Gasteiger partial charge < -0.3 is 20.7 Å². The van der Waals surface area contributed by atoms with E-state index in [0.717, 1.165) is 12.8 Å². The van der Waals surface area contributed by atoms with Crippen LogP contribution in [0.5, 0.6) is 5.75 Å². The zero-order chi connectivity index (χ0) is 18.8. The van der Waals surface area contributed by atoms with Gasteiger partial charge in [-0.05, 0) is 36.8 Å². The van der Waals surface area contributed by atoms with Crippen LogP contribution in [-0.4, -0.2) is 32.0 Å². The first-order valence-corrected chi connectivity index (χ1v) is 8.69. The van der Waals surface area contributed by atoms with E-state index in [9.17, 15) is 9.59 Å². The Morgan fingerprint density at radius 2 is 1.88 bits per heavy atom. The molecular formula is C20H25N3O3. The van der Waals surface area contributed by atoms with E-state index >= 15 is 0 Å². The predicted octanol–water partition coefficient (Wildman–Crippen LogP) is 3.28. The number of nitrogens with one attached hydrogen (secondary N) is 3. The van der Waals surface area contributed by atoms with Gasteiger partial charge in [-0.3, -0.25) is 9.59 Å². The van der Waals surface area contributed by atoms with Gasteiger partial charge in [0.25, 0.3) is 5.91 Å². The normalized spacial score (nSPS) is 10.1. The molecule has 6 heteroatoms. The van der Waals surface area contributed by atoms with Gasteiger partial charge in [-0.15, -0.1) is 0 Å². The first-order valence-electron chi connectivity index (χ1n) is 8.69. The molecule has 0 spiro atoms. The Hall–Kier alpha value is -3.02. The lowest BCUT2D eigenvalue weighted by Gasteiger charge is -2.11. The molecule has 0 bridgehead atoms. The number of methoxy groups -OCH3 is 1. The molecule has 138 valence electrons. The highest BCUT2D eigenvalue weighted by atomic mass is 16.5. The van der Waals surface area contributed by atoms with E-state index in [4.69, 9.17) is 4.74 Å². The molecule has 2 aromatic carbocycles. The molecule has 3 N–H and O–H groups in total. The second kappa shape index (κ2) is 10.1. The molecule has 0 aliphatic rings. The molecule has 0 saturated carbocycles. The molecule has 0 aliphatic carbocycles.